The first-order chi connectivity index (χ1) is 14.4. The van der Waals surface area contributed by atoms with Gasteiger partial charge in [0, 0.05) is 12.6 Å². The molecule has 1 aliphatic carbocycles. The molecular formula is C22H32N4O4. The average molecular weight is 417 g/mol. The minimum atomic E-state index is -0.423. The third-order valence-corrected chi connectivity index (χ3v) is 6.72. The third kappa shape index (κ3) is 3.73. The molecule has 0 radical (unpaired) electrons. The molecule has 1 amide bonds. The van der Waals surface area contributed by atoms with E-state index in [0.717, 1.165) is 44.2 Å². The smallest absolute Gasteiger partial charge is 0.291 e. The third-order valence-electron chi connectivity index (χ3n) is 6.72. The van der Waals surface area contributed by atoms with Crippen LogP contribution in [0.3, 0.4) is 0 Å². The van der Waals surface area contributed by atoms with E-state index in [9.17, 15) is 9.59 Å². The minimum absolute atomic E-state index is 0.152. The van der Waals surface area contributed by atoms with Crippen LogP contribution >= 0.6 is 0 Å². The second-order valence-electron chi connectivity index (χ2n) is 8.90. The quantitative estimate of drug-likeness (QED) is 0.812. The Morgan fingerprint density at radius 2 is 1.87 bits per heavy atom. The first kappa shape index (κ1) is 20.9. The van der Waals surface area contributed by atoms with E-state index in [-0.39, 0.29) is 23.4 Å². The summed E-state index contributed by atoms with van der Waals surface area (Å²) in [6.45, 7) is 6.51. The van der Waals surface area contributed by atoms with Gasteiger partial charge in [-0.2, -0.15) is 0 Å². The Morgan fingerprint density at radius 3 is 2.53 bits per heavy atom. The lowest BCUT2D eigenvalue weighted by Gasteiger charge is -2.25. The standard InChI is InChI=1S/C22H32N4O4/c1-13-10-11-17(29-12-13)20-14(2)18(24-30-20)21(27)23-19-15(3)25(4)26(22(19)28)16-8-6-5-7-9-16/h13,16-17H,5-12H2,1-4H3,(H,23,27)/t13-,17?/m1/s1. The van der Waals surface area contributed by atoms with E-state index in [0.29, 0.717) is 29.5 Å². The number of rotatable bonds is 4. The van der Waals surface area contributed by atoms with Crippen LogP contribution in [0, 0.1) is 19.8 Å². The van der Waals surface area contributed by atoms with E-state index in [2.05, 4.69) is 17.4 Å². The van der Waals surface area contributed by atoms with Gasteiger partial charge in [0.25, 0.3) is 11.5 Å². The number of nitrogens with zero attached hydrogens (tertiary/aromatic N) is 3. The van der Waals surface area contributed by atoms with Crippen molar-refractivity contribution in [3.8, 4) is 0 Å². The number of aromatic nitrogens is 3. The van der Waals surface area contributed by atoms with Gasteiger partial charge in [0.2, 0.25) is 0 Å². The topological polar surface area (TPSA) is 91.3 Å². The summed E-state index contributed by atoms with van der Waals surface area (Å²) in [7, 11) is 1.88. The molecule has 8 nitrogen and oxygen atoms in total. The molecule has 30 heavy (non-hydrogen) atoms. The normalized spacial score (nSPS) is 22.9. The molecule has 0 spiro atoms. The van der Waals surface area contributed by atoms with Crippen molar-refractivity contribution >= 4 is 11.6 Å². The van der Waals surface area contributed by atoms with Gasteiger partial charge in [-0.1, -0.05) is 31.3 Å². The van der Waals surface area contributed by atoms with Gasteiger partial charge >= 0.3 is 0 Å². The van der Waals surface area contributed by atoms with Crippen molar-refractivity contribution in [1.82, 2.24) is 14.5 Å². The second kappa shape index (κ2) is 8.41. The summed E-state index contributed by atoms with van der Waals surface area (Å²) in [5.74, 6) is 0.712. The molecule has 2 atom stereocenters. The summed E-state index contributed by atoms with van der Waals surface area (Å²) in [5, 5.41) is 6.80. The highest BCUT2D eigenvalue weighted by molar-refractivity contribution is 6.04. The Bertz CT molecular complexity index is 972. The van der Waals surface area contributed by atoms with Crippen molar-refractivity contribution in [2.45, 2.75) is 77.9 Å². The molecule has 164 valence electrons. The number of hydrogen-bond acceptors (Lipinski definition) is 5. The second-order valence-corrected chi connectivity index (χ2v) is 8.90. The molecule has 2 aromatic heterocycles. The number of ether oxygens (including phenoxy) is 1. The Balaban J connectivity index is 1.55. The van der Waals surface area contributed by atoms with E-state index in [4.69, 9.17) is 9.26 Å². The largest absolute Gasteiger partial charge is 0.370 e. The van der Waals surface area contributed by atoms with E-state index in [1.807, 2.05) is 25.6 Å². The van der Waals surface area contributed by atoms with Crippen LogP contribution in [0.15, 0.2) is 9.32 Å². The Morgan fingerprint density at radius 1 is 1.13 bits per heavy atom. The minimum Gasteiger partial charge on any atom is -0.370 e. The molecule has 1 N–H and O–H groups in total. The molecule has 0 bridgehead atoms. The number of carbonyl (C=O) groups excluding carboxylic acids is 1. The predicted octanol–water partition coefficient (Wildman–Crippen LogP) is 4.04. The Labute approximate surface area is 176 Å². The average Bonchev–Trinajstić information content (AvgIpc) is 3.22. The Hall–Kier alpha value is -2.35. The highest BCUT2D eigenvalue weighted by Crippen LogP contribution is 2.33. The fourth-order valence-corrected chi connectivity index (χ4v) is 4.73. The first-order valence-corrected chi connectivity index (χ1v) is 11.1. The highest BCUT2D eigenvalue weighted by atomic mass is 16.5. The van der Waals surface area contributed by atoms with Gasteiger partial charge in [0.15, 0.2) is 11.5 Å². The van der Waals surface area contributed by atoms with Gasteiger partial charge in [-0.15, -0.1) is 0 Å². The number of carbonyl (C=O) groups is 1. The van der Waals surface area contributed by atoms with E-state index in [1.54, 1.807) is 4.68 Å². The van der Waals surface area contributed by atoms with Crippen molar-refractivity contribution in [3.05, 3.63) is 33.1 Å². The van der Waals surface area contributed by atoms with E-state index >= 15 is 0 Å². The van der Waals surface area contributed by atoms with Gasteiger partial charge in [-0.3, -0.25) is 14.3 Å². The zero-order valence-electron chi connectivity index (χ0n) is 18.4. The molecule has 0 aromatic carbocycles. The summed E-state index contributed by atoms with van der Waals surface area (Å²) in [4.78, 5) is 26.1. The lowest BCUT2D eigenvalue weighted by atomic mass is 9.96. The zero-order chi connectivity index (χ0) is 21.4. The van der Waals surface area contributed by atoms with Crippen LogP contribution in [0.2, 0.25) is 0 Å². The van der Waals surface area contributed by atoms with Crippen molar-refractivity contribution in [2.75, 3.05) is 11.9 Å². The van der Waals surface area contributed by atoms with Crippen LogP contribution in [0.4, 0.5) is 5.69 Å². The fraction of sp³-hybridized carbons (Fsp3) is 0.682. The molecule has 3 heterocycles. The summed E-state index contributed by atoms with van der Waals surface area (Å²) >= 11 is 0. The molecule has 2 aliphatic rings. The summed E-state index contributed by atoms with van der Waals surface area (Å²) in [5.41, 5.74) is 1.79. The van der Waals surface area contributed by atoms with Gasteiger partial charge in [-0.05, 0) is 45.4 Å². The number of hydrogen-bond donors (Lipinski definition) is 1. The van der Waals surface area contributed by atoms with Crippen LogP contribution < -0.4 is 10.9 Å². The molecule has 1 saturated carbocycles. The van der Waals surface area contributed by atoms with E-state index < -0.39 is 5.91 Å². The fourth-order valence-electron chi connectivity index (χ4n) is 4.73. The number of amides is 1. The van der Waals surface area contributed by atoms with Crippen LogP contribution in [0.5, 0.6) is 0 Å². The van der Waals surface area contributed by atoms with Gasteiger partial charge in [-0.25, -0.2) is 4.68 Å². The summed E-state index contributed by atoms with van der Waals surface area (Å²) in [6.07, 6.45) is 7.20. The predicted molar refractivity (Wildman–Crippen MR) is 113 cm³/mol. The molecule has 8 heteroatoms. The first-order valence-electron chi connectivity index (χ1n) is 11.1. The summed E-state index contributed by atoms with van der Waals surface area (Å²) < 4.78 is 15.0. The zero-order valence-corrected chi connectivity index (χ0v) is 18.4. The van der Waals surface area contributed by atoms with E-state index in [1.165, 1.54) is 6.42 Å². The molecule has 1 aliphatic heterocycles. The number of nitrogens with one attached hydrogen (secondary N) is 1. The highest BCUT2D eigenvalue weighted by Gasteiger charge is 2.30. The molecular weight excluding hydrogens is 384 g/mol. The summed E-state index contributed by atoms with van der Waals surface area (Å²) in [6, 6.07) is 0.187. The maximum atomic E-state index is 13.1. The number of anilines is 1. The lowest BCUT2D eigenvalue weighted by molar-refractivity contribution is -0.0266. The van der Waals surface area contributed by atoms with Gasteiger partial charge in [0.1, 0.15) is 11.8 Å². The van der Waals surface area contributed by atoms with Gasteiger partial charge < -0.3 is 14.6 Å². The van der Waals surface area contributed by atoms with Crippen LogP contribution in [0.25, 0.3) is 0 Å². The maximum absolute atomic E-state index is 13.1. The van der Waals surface area contributed by atoms with Crippen LogP contribution in [-0.2, 0) is 11.8 Å². The van der Waals surface area contributed by atoms with Crippen molar-refractivity contribution in [1.29, 1.82) is 0 Å². The molecule has 1 saturated heterocycles. The van der Waals surface area contributed by atoms with Crippen molar-refractivity contribution < 1.29 is 14.1 Å². The monoisotopic (exact) mass is 416 g/mol. The SMILES string of the molecule is Cc1c(C(=O)Nc2c(C)n(C)n(C3CCCCC3)c2=O)noc1C1CC[C@@H](C)CO1. The van der Waals surface area contributed by atoms with Crippen LogP contribution in [-0.4, -0.2) is 27.0 Å². The molecule has 1 unspecified atom stereocenters. The van der Waals surface area contributed by atoms with Crippen LogP contribution in [0.1, 0.15) is 91.5 Å². The lowest BCUT2D eigenvalue weighted by Crippen LogP contribution is -2.29. The molecule has 2 fully saturated rings. The molecule has 2 aromatic rings. The van der Waals surface area contributed by atoms with Gasteiger partial charge in [0.05, 0.1) is 18.3 Å². The molecule has 4 rings (SSSR count). The van der Waals surface area contributed by atoms with Crippen molar-refractivity contribution in [2.24, 2.45) is 13.0 Å². The Kier molecular flexibility index (Phi) is 5.86. The van der Waals surface area contributed by atoms with Crippen molar-refractivity contribution in [3.63, 3.8) is 0 Å². The maximum Gasteiger partial charge on any atom is 0.291 e.